The molecule has 1 fully saturated rings. The second kappa shape index (κ2) is 5.12. The third kappa shape index (κ3) is 2.47. The van der Waals surface area contributed by atoms with Crippen LogP contribution in [-0.4, -0.2) is 27.4 Å². The summed E-state index contributed by atoms with van der Waals surface area (Å²) in [6.45, 7) is 0. The Labute approximate surface area is 105 Å². The molecule has 1 aliphatic carbocycles. The van der Waals surface area contributed by atoms with Gasteiger partial charge < -0.3 is 10.5 Å². The van der Waals surface area contributed by atoms with Crippen LogP contribution >= 0.6 is 0 Å². The number of amides is 1. The molecule has 0 radical (unpaired) electrons. The van der Waals surface area contributed by atoms with Crippen molar-refractivity contribution in [3.8, 4) is 0 Å². The Kier molecular flexibility index (Phi) is 3.55. The standard InChI is InChI=1S/C12H15N3O3/c13-11(17)12(5-2-1-3-6-12)18-10(16)9-14-7-4-8-15-9/h4,7-8H,1-3,5-6H2,(H2,13,17). The van der Waals surface area contributed by atoms with Gasteiger partial charge in [-0.25, -0.2) is 14.8 Å². The Morgan fingerprint density at radius 2 is 1.78 bits per heavy atom. The summed E-state index contributed by atoms with van der Waals surface area (Å²) in [5.41, 5.74) is 4.19. The zero-order chi connectivity index (χ0) is 13.0. The minimum absolute atomic E-state index is 0.0521. The van der Waals surface area contributed by atoms with Crippen LogP contribution in [0.5, 0.6) is 0 Å². The summed E-state index contributed by atoms with van der Waals surface area (Å²) in [6.07, 6.45) is 6.51. The van der Waals surface area contributed by atoms with E-state index >= 15 is 0 Å². The number of nitrogens with zero attached hydrogens (tertiary/aromatic N) is 2. The lowest BCUT2D eigenvalue weighted by molar-refractivity contribution is -0.140. The van der Waals surface area contributed by atoms with Crippen LogP contribution in [0.2, 0.25) is 0 Å². The van der Waals surface area contributed by atoms with Gasteiger partial charge in [0, 0.05) is 12.4 Å². The molecule has 2 N–H and O–H groups in total. The fourth-order valence-electron chi connectivity index (χ4n) is 2.15. The molecule has 1 aromatic rings. The lowest BCUT2D eigenvalue weighted by atomic mass is 9.84. The molecular weight excluding hydrogens is 234 g/mol. The molecule has 6 nitrogen and oxygen atoms in total. The van der Waals surface area contributed by atoms with Crippen molar-refractivity contribution in [2.75, 3.05) is 0 Å². The van der Waals surface area contributed by atoms with Crippen LogP contribution < -0.4 is 5.73 Å². The number of carbonyl (C=O) groups is 2. The quantitative estimate of drug-likeness (QED) is 0.800. The molecule has 0 unspecified atom stereocenters. The molecule has 1 aliphatic rings. The van der Waals surface area contributed by atoms with Gasteiger partial charge in [-0.05, 0) is 31.7 Å². The Morgan fingerprint density at radius 1 is 1.17 bits per heavy atom. The minimum Gasteiger partial charge on any atom is -0.443 e. The van der Waals surface area contributed by atoms with E-state index in [1.165, 1.54) is 12.4 Å². The Hall–Kier alpha value is -1.98. The number of rotatable bonds is 3. The number of nitrogens with two attached hydrogens (primary N) is 1. The number of ether oxygens (including phenoxy) is 1. The average molecular weight is 249 g/mol. The largest absolute Gasteiger partial charge is 0.443 e. The van der Waals surface area contributed by atoms with Crippen LogP contribution in [0.3, 0.4) is 0 Å². The van der Waals surface area contributed by atoms with Gasteiger partial charge in [0.05, 0.1) is 0 Å². The molecular formula is C12H15N3O3. The van der Waals surface area contributed by atoms with Gasteiger partial charge in [-0.3, -0.25) is 4.79 Å². The number of carbonyl (C=O) groups excluding carboxylic acids is 2. The van der Waals surface area contributed by atoms with Gasteiger partial charge in [0.15, 0.2) is 5.60 Å². The maximum atomic E-state index is 11.9. The van der Waals surface area contributed by atoms with Crippen molar-refractivity contribution in [1.82, 2.24) is 9.97 Å². The van der Waals surface area contributed by atoms with Gasteiger partial charge in [-0.1, -0.05) is 6.42 Å². The first-order valence-corrected chi connectivity index (χ1v) is 5.94. The van der Waals surface area contributed by atoms with E-state index in [0.717, 1.165) is 19.3 Å². The molecule has 1 saturated carbocycles. The van der Waals surface area contributed by atoms with Crippen LogP contribution in [0.1, 0.15) is 42.7 Å². The second-order valence-electron chi connectivity index (χ2n) is 4.38. The molecule has 0 atom stereocenters. The van der Waals surface area contributed by atoms with Gasteiger partial charge in [0.2, 0.25) is 5.82 Å². The molecule has 6 heteroatoms. The Bertz CT molecular complexity index is 441. The zero-order valence-electron chi connectivity index (χ0n) is 9.96. The molecule has 0 aromatic carbocycles. The van der Waals surface area contributed by atoms with E-state index in [1.807, 2.05) is 0 Å². The second-order valence-corrected chi connectivity index (χ2v) is 4.38. The first kappa shape index (κ1) is 12.5. The van der Waals surface area contributed by atoms with Crippen molar-refractivity contribution in [3.05, 3.63) is 24.3 Å². The molecule has 0 spiro atoms. The lowest BCUT2D eigenvalue weighted by Crippen LogP contribution is -2.49. The summed E-state index contributed by atoms with van der Waals surface area (Å²) < 4.78 is 5.29. The molecule has 0 saturated heterocycles. The van der Waals surface area contributed by atoms with E-state index < -0.39 is 17.5 Å². The van der Waals surface area contributed by atoms with E-state index in [-0.39, 0.29) is 5.82 Å². The normalized spacial score (nSPS) is 18.0. The van der Waals surface area contributed by atoms with Crippen LogP contribution in [0.15, 0.2) is 18.5 Å². The van der Waals surface area contributed by atoms with E-state index in [1.54, 1.807) is 6.07 Å². The highest BCUT2D eigenvalue weighted by Crippen LogP contribution is 2.31. The van der Waals surface area contributed by atoms with Crippen molar-refractivity contribution < 1.29 is 14.3 Å². The summed E-state index contributed by atoms with van der Waals surface area (Å²) >= 11 is 0. The van der Waals surface area contributed by atoms with E-state index in [2.05, 4.69) is 9.97 Å². The van der Waals surface area contributed by atoms with Crippen LogP contribution in [0, 0.1) is 0 Å². The van der Waals surface area contributed by atoms with Crippen LogP contribution in [0.25, 0.3) is 0 Å². The highest BCUT2D eigenvalue weighted by Gasteiger charge is 2.42. The number of esters is 1. The first-order valence-electron chi connectivity index (χ1n) is 5.94. The smallest absolute Gasteiger partial charge is 0.377 e. The van der Waals surface area contributed by atoms with E-state index in [4.69, 9.17) is 10.5 Å². The van der Waals surface area contributed by atoms with Crippen LogP contribution in [0.4, 0.5) is 0 Å². The highest BCUT2D eigenvalue weighted by molar-refractivity contribution is 5.91. The SMILES string of the molecule is NC(=O)C1(OC(=O)c2ncccn2)CCCCC1. The average Bonchev–Trinajstić information content (AvgIpc) is 2.40. The summed E-state index contributed by atoms with van der Waals surface area (Å²) in [5, 5.41) is 0. The number of aromatic nitrogens is 2. The van der Waals surface area contributed by atoms with Gasteiger partial charge in [-0.2, -0.15) is 0 Å². The minimum atomic E-state index is -1.19. The number of hydrogen-bond donors (Lipinski definition) is 1. The topological polar surface area (TPSA) is 95.2 Å². The first-order chi connectivity index (χ1) is 8.64. The van der Waals surface area contributed by atoms with Gasteiger partial charge in [0.1, 0.15) is 0 Å². The summed E-state index contributed by atoms with van der Waals surface area (Å²) in [4.78, 5) is 31.0. The highest BCUT2D eigenvalue weighted by atomic mass is 16.6. The van der Waals surface area contributed by atoms with Crippen molar-refractivity contribution in [2.45, 2.75) is 37.7 Å². The number of hydrogen-bond acceptors (Lipinski definition) is 5. The predicted molar refractivity (Wildman–Crippen MR) is 62.5 cm³/mol. The van der Waals surface area contributed by atoms with Gasteiger partial charge >= 0.3 is 5.97 Å². The Balaban J connectivity index is 2.15. The molecule has 96 valence electrons. The molecule has 1 aromatic heterocycles. The summed E-state index contributed by atoms with van der Waals surface area (Å²) in [5.74, 6) is -1.34. The summed E-state index contributed by atoms with van der Waals surface area (Å²) in [6, 6.07) is 1.60. The van der Waals surface area contributed by atoms with Crippen molar-refractivity contribution in [3.63, 3.8) is 0 Å². The third-order valence-electron chi connectivity index (χ3n) is 3.15. The van der Waals surface area contributed by atoms with Crippen molar-refractivity contribution in [1.29, 1.82) is 0 Å². The third-order valence-corrected chi connectivity index (χ3v) is 3.15. The fourth-order valence-corrected chi connectivity index (χ4v) is 2.15. The van der Waals surface area contributed by atoms with Crippen LogP contribution in [-0.2, 0) is 9.53 Å². The zero-order valence-corrected chi connectivity index (χ0v) is 9.96. The van der Waals surface area contributed by atoms with Crippen molar-refractivity contribution in [2.24, 2.45) is 5.73 Å². The van der Waals surface area contributed by atoms with Gasteiger partial charge in [0.25, 0.3) is 5.91 Å². The monoisotopic (exact) mass is 249 g/mol. The molecule has 0 bridgehead atoms. The molecule has 2 rings (SSSR count). The molecule has 18 heavy (non-hydrogen) atoms. The predicted octanol–water partition coefficient (Wildman–Crippen LogP) is 0.822. The summed E-state index contributed by atoms with van der Waals surface area (Å²) in [7, 11) is 0. The van der Waals surface area contributed by atoms with Crippen molar-refractivity contribution >= 4 is 11.9 Å². The molecule has 1 amide bonds. The fraction of sp³-hybridized carbons (Fsp3) is 0.500. The maximum Gasteiger partial charge on any atom is 0.377 e. The number of primary amides is 1. The van der Waals surface area contributed by atoms with Gasteiger partial charge in [-0.15, -0.1) is 0 Å². The molecule has 0 aliphatic heterocycles. The Morgan fingerprint density at radius 3 is 2.33 bits per heavy atom. The van der Waals surface area contributed by atoms with E-state index in [0.29, 0.717) is 12.8 Å². The molecule has 1 heterocycles. The van der Waals surface area contributed by atoms with E-state index in [9.17, 15) is 9.59 Å². The maximum absolute atomic E-state index is 11.9. The lowest BCUT2D eigenvalue weighted by Gasteiger charge is -2.33.